The molecule has 1 aliphatic rings. The number of aryl methyl sites for hydroxylation is 1. The summed E-state index contributed by atoms with van der Waals surface area (Å²) in [5.41, 5.74) is 2.71. The summed E-state index contributed by atoms with van der Waals surface area (Å²) in [4.78, 5) is 17.1. The fraction of sp³-hybridized carbons (Fsp3) is 0.333. The van der Waals surface area contributed by atoms with Crippen molar-refractivity contribution in [3.63, 3.8) is 0 Å². The van der Waals surface area contributed by atoms with Gasteiger partial charge in [-0.3, -0.25) is 4.79 Å². The zero-order valence-electron chi connectivity index (χ0n) is 16.9. The third-order valence-electron chi connectivity index (χ3n) is 5.10. The minimum Gasteiger partial charge on any atom is -0.441 e. The molecule has 1 atom stereocenters. The fourth-order valence-electron chi connectivity index (χ4n) is 3.49. The van der Waals surface area contributed by atoms with Crippen LogP contribution in [-0.2, 0) is 14.8 Å². The number of carbonyl (C=O) groups excluding carboxylic acids is 1. The third kappa shape index (κ3) is 4.17. The SMILES string of the molecule is Cc1nc2cc(NC(C)C(=O)Nc3ccc(S(=O)(=O)N4CCCC4)cc3)ccc2o1. The molecule has 0 aliphatic carbocycles. The Labute approximate surface area is 175 Å². The van der Waals surface area contributed by atoms with Gasteiger partial charge in [0.2, 0.25) is 15.9 Å². The maximum atomic E-state index is 12.6. The second-order valence-corrected chi connectivity index (χ2v) is 9.34. The summed E-state index contributed by atoms with van der Waals surface area (Å²) in [7, 11) is -3.46. The number of sulfonamides is 1. The second-order valence-electron chi connectivity index (χ2n) is 7.41. The summed E-state index contributed by atoms with van der Waals surface area (Å²) in [5.74, 6) is 0.352. The standard InChI is InChI=1S/C21H24N4O4S/c1-14(22-17-7-10-20-19(13-17)23-15(2)29-20)21(26)24-16-5-8-18(9-6-16)30(27,28)25-11-3-4-12-25/h5-10,13-14,22H,3-4,11-12H2,1-2H3,(H,24,26). The molecule has 4 rings (SSSR count). The number of fused-ring (bicyclic) bond motifs is 1. The zero-order valence-corrected chi connectivity index (χ0v) is 17.7. The van der Waals surface area contributed by atoms with Crippen molar-refractivity contribution >= 4 is 38.4 Å². The van der Waals surface area contributed by atoms with E-state index in [0.29, 0.717) is 30.3 Å². The monoisotopic (exact) mass is 428 g/mol. The molecule has 9 heteroatoms. The third-order valence-corrected chi connectivity index (χ3v) is 7.01. The van der Waals surface area contributed by atoms with Gasteiger partial charge in [-0.05, 0) is 62.2 Å². The van der Waals surface area contributed by atoms with Crippen LogP contribution in [0.15, 0.2) is 51.8 Å². The molecule has 3 aromatic rings. The molecule has 2 aromatic carbocycles. The average Bonchev–Trinajstić information content (AvgIpc) is 3.37. The molecule has 0 bridgehead atoms. The van der Waals surface area contributed by atoms with Crippen LogP contribution in [0.2, 0.25) is 0 Å². The van der Waals surface area contributed by atoms with Crippen molar-refractivity contribution in [1.29, 1.82) is 0 Å². The van der Waals surface area contributed by atoms with Crippen LogP contribution in [0.25, 0.3) is 11.1 Å². The molecule has 1 aliphatic heterocycles. The van der Waals surface area contributed by atoms with E-state index in [0.717, 1.165) is 24.0 Å². The molecule has 1 saturated heterocycles. The number of anilines is 2. The van der Waals surface area contributed by atoms with Crippen molar-refractivity contribution in [1.82, 2.24) is 9.29 Å². The predicted octanol–water partition coefficient (Wildman–Crippen LogP) is 3.36. The van der Waals surface area contributed by atoms with Gasteiger partial charge in [-0.1, -0.05) is 0 Å². The van der Waals surface area contributed by atoms with Gasteiger partial charge in [0, 0.05) is 31.4 Å². The van der Waals surface area contributed by atoms with E-state index in [4.69, 9.17) is 4.42 Å². The van der Waals surface area contributed by atoms with Gasteiger partial charge >= 0.3 is 0 Å². The molecule has 1 unspecified atom stereocenters. The van der Waals surface area contributed by atoms with Crippen LogP contribution in [0.4, 0.5) is 11.4 Å². The van der Waals surface area contributed by atoms with E-state index in [1.807, 2.05) is 18.2 Å². The van der Waals surface area contributed by atoms with Gasteiger partial charge in [0.15, 0.2) is 11.5 Å². The van der Waals surface area contributed by atoms with Crippen LogP contribution in [0.5, 0.6) is 0 Å². The van der Waals surface area contributed by atoms with Crippen molar-refractivity contribution in [2.45, 2.75) is 37.6 Å². The van der Waals surface area contributed by atoms with Crippen LogP contribution in [-0.4, -0.2) is 42.7 Å². The quantitative estimate of drug-likeness (QED) is 0.624. The van der Waals surface area contributed by atoms with E-state index < -0.39 is 16.1 Å². The summed E-state index contributed by atoms with van der Waals surface area (Å²) in [6.45, 7) is 4.65. The van der Waals surface area contributed by atoms with Gasteiger partial charge in [-0.2, -0.15) is 4.31 Å². The average molecular weight is 429 g/mol. The van der Waals surface area contributed by atoms with Gasteiger partial charge in [-0.25, -0.2) is 13.4 Å². The number of hydrogen-bond donors (Lipinski definition) is 2. The predicted molar refractivity (Wildman–Crippen MR) is 115 cm³/mol. The fourth-order valence-corrected chi connectivity index (χ4v) is 5.00. The summed E-state index contributed by atoms with van der Waals surface area (Å²) < 4.78 is 32.1. The molecule has 158 valence electrons. The molecular formula is C21H24N4O4S. The summed E-state index contributed by atoms with van der Waals surface area (Å²) >= 11 is 0. The Morgan fingerprint density at radius 3 is 2.47 bits per heavy atom. The lowest BCUT2D eigenvalue weighted by atomic mass is 10.2. The van der Waals surface area contributed by atoms with Gasteiger partial charge in [0.1, 0.15) is 11.6 Å². The van der Waals surface area contributed by atoms with E-state index in [1.165, 1.54) is 16.4 Å². The van der Waals surface area contributed by atoms with Crippen LogP contribution in [0.1, 0.15) is 25.7 Å². The molecule has 0 saturated carbocycles. The smallest absolute Gasteiger partial charge is 0.246 e. The Morgan fingerprint density at radius 2 is 1.77 bits per heavy atom. The molecule has 1 amide bonds. The van der Waals surface area contributed by atoms with E-state index in [-0.39, 0.29) is 10.8 Å². The van der Waals surface area contributed by atoms with E-state index in [2.05, 4.69) is 15.6 Å². The molecule has 2 N–H and O–H groups in total. The summed E-state index contributed by atoms with van der Waals surface area (Å²) in [6, 6.07) is 11.2. The molecule has 30 heavy (non-hydrogen) atoms. The number of carbonyl (C=O) groups is 1. The molecule has 1 fully saturated rings. The highest BCUT2D eigenvalue weighted by molar-refractivity contribution is 7.89. The molecule has 0 spiro atoms. The minimum atomic E-state index is -3.46. The number of rotatable bonds is 6. The Hall–Kier alpha value is -2.91. The number of hydrogen-bond acceptors (Lipinski definition) is 6. The maximum absolute atomic E-state index is 12.6. The molecule has 1 aromatic heterocycles. The number of aromatic nitrogens is 1. The largest absolute Gasteiger partial charge is 0.441 e. The first-order valence-electron chi connectivity index (χ1n) is 9.88. The van der Waals surface area contributed by atoms with Crippen LogP contribution in [0.3, 0.4) is 0 Å². The first kappa shape index (κ1) is 20.4. The van der Waals surface area contributed by atoms with Crippen molar-refractivity contribution in [2.75, 3.05) is 23.7 Å². The Bertz CT molecular complexity index is 1170. The number of nitrogens with zero attached hydrogens (tertiary/aromatic N) is 2. The lowest BCUT2D eigenvalue weighted by Gasteiger charge is -2.17. The van der Waals surface area contributed by atoms with Crippen molar-refractivity contribution in [2.24, 2.45) is 0 Å². The van der Waals surface area contributed by atoms with Crippen molar-refractivity contribution < 1.29 is 17.6 Å². The number of amides is 1. The number of oxazole rings is 1. The number of nitrogens with one attached hydrogen (secondary N) is 2. The van der Waals surface area contributed by atoms with Gasteiger partial charge in [0.25, 0.3) is 0 Å². The summed E-state index contributed by atoms with van der Waals surface area (Å²) in [6.07, 6.45) is 1.78. The Kier molecular flexibility index (Phi) is 5.48. The van der Waals surface area contributed by atoms with Gasteiger partial charge in [0.05, 0.1) is 4.90 Å². The molecule has 8 nitrogen and oxygen atoms in total. The Morgan fingerprint density at radius 1 is 1.10 bits per heavy atom. The lowest BCUT2D eigenvalue weighted by Crippen LogP contribution is -2.32. The first-order valence-corrected chi connectivity index (χ1v) is 11.3. The zero-order chi connectivity index (χ0) is 21.3. The molecular weight excluding hydrogens is 404 g/mol. The number of benzene rings is 2. The van der Waals surface area contributed by atoms with Crippen LogP contribution >= 0.6 is 0 Å². The molecule has 0 radical (unpaired) electrons. The highest BCUT2D eigenvalue weighted by Gasteiger charge is 2.27. The minimum absolute atomic E-state index is 0.235. The van der Waals surface area contributed by atoms with Gasteiger partial charge in [-0.15, -0.1) is 0 Å². The topological polar surface area (TPSA) is 105 Å². The van der Waals surface area contributed by atoms with Crippen molar-refractivity contribution in [3.05, 3.63) is 48.4 Å². The molecule has 2 heterocycles. The Balaban J connectivity index is 1.40. The van der Waals surface area contributed by atoms with Gasteiger partial charge < -0.3 is 15.1 Å². The van der Waals surface area contributed by atoms with Crippen molar-refractivity contribution in [3.8, 4) is 0 Å². The highest BCUT2D eigenvalue weighted by Crippen LogP contribution is 2.23. The normalized spacial score (nSPS) is 15.9. The second kappa shape index (κ2) is 8.08. The van der Waals surface area contributed by atoms with E-state index in [9.17, 15) is 13.2 Å². The lowest BCUT2D eigenvalue weighted by molar-refractivity contribution is -0.116. The first-order chi connectivity index (χ1) is 14.3. The van der Waals surface area contributed by atoms with Crippen LogP contribution in [0, 0.1) is 6.92 Å². The van der Waals surface area contributed by atoms with E-state index >= 15 is 0 Å². The summed E-state index contributed by atoms with van der Waals surface area (Å²) in [5, 5.41) is 5.95. The highest BCUT2D eigenvalue weighted by atomic mass is 32.2. The van der Waals surface area contributed by atoms with Crippen LogP contribution < -0.4 is 10.6 Å². The van der Waals surface area contributed by atoms with E-state index in [1.54, 1.807) is 26.0 Å². The maximum Gasteiger partial charge on any atom is 0.246 e.